The summed E-state index contributed by atoms with van der Waals surface area (Å²) in [5, 5.41) is 0. The SMILES string of the molecule is CC1CC12C(=O)N(c1ccc(OC(F)(F)F)cc1)C(=O)N2c1ccnc(C(=O)Oc2ccccc2)c1. The fourth-order valence-corrected chi connectivity index (χ4v) is 4.35. The number of pyridine rings is 1. The first-order valence-corrected chi connectivity index (χ1v) is 10.9. The van der Waals surface area contributed by atoms with E-state index in [1.54, 1.807) is 30.3 Å². The molecule has 2 aromatic carbocycles. The number of halogens is 3. The zero-order valence-electron chi connectivity index (χ0n) is 18.7. The van der Waals surface area contributed by atoms with Gasteiger partial charge in [-0.15, -0.1) is 13.2 Å². The second kappa shape index (κ2) is 8.36. The van der Waals surface area contributed by atoms with E-state index >= 15 is 0 Å². The molecule has 11 heteroatoms. The molecule has 3 aromatic rings. The largest absolute Gasteiger partial charge is 0.573 e. The van der Waals surface area contributed by atoms with Crippen LogP contribution in [0.4, 0.5) is 29.3 Å². The van der Waals surface area contributed by atoms with E-state index in [2.05, 4.69) is 9.72 Å². The van der Waals surface area contributed by atoms with Crippen LogP contribution < -0.4 is 19.3 Å². The molecule has 2 unspecified atom stereocenters. The van der Waals surface area contributed by atoms with Crippen LogP contribution in [0.2, 0.25) is 0 Å². The van der Waals surface area contributed by atoms with Crippen molar-refractivity contribution in [2.75, 3.05) is 9.80 Å². The minimum Gasteiger partial charge on any atom is -0.422 e. The highest BCUT2D eigenvalue weighted by Gasteiger charge is 2.70. The van der Waals surface area contributed by atoms with Crippen LogP contribution in [0.25, 0.3) is 0 Å². The Balaban J connectivity index is 1.44. The topological polar surface area (TPSA) is 89.0 Å². The van der Waals surface area contributed by atoms with E-state index in [1.165, 1.54) is 35.4 Å². The molecule has 1 aromatic heterocycles. The summed E-state index contributed by atoms with van der Waals surface area (Å²) >= 11 is 0. The molecule has 1 aliphatic carbocycles. The molecule has 2 atom stereocenters. The number of para-hydroxylation sites is 1. The number of ether oxygens (including phenoxy) is 2. The zero-order valence-corrected chi connectivity index (χ0v) is 18.7. The average Bonchev–Trinajstić information content (AvgIpc) is 3.45. The maximum atomic E-state index is 13.5. The number of aromatic nitrogens is 1. The maximum Gasteiger partial charge on any atom is 0.573 e. The van der Waals surface area contributed by atoms with E-state index in [-0.39, 0.29) is 23.0 Å². The number of hydrogen-bond acceptors (Lipinski definition) is 6. The van der Waals surface area contributed by atoms with E-state index in [0.717, 1.165) is 17.0 Å². The van der Waals surface area contributed by atoms with Crippen LogP contribution in [0.15, 0.2) is 72.9 Å². The van der Waals surface area contributed by atoms with Crippen molar-refractivity contribution < 1.29 is 37.0 Å². The lowest BCUT2D eigenvalue weighted by atomic mass is 10.1. The Morgan fingerprint density at radius 2 is 1.67 bits per heavy atom. The first-order valence-electron chi connectivity index (χ1n) is 10.9. The zero-order chi connectivity index (χ0) is 25.7. The lowest BCUT2D eigenvalue weighted by Gasteiger charge is -2.22. The highest BCUT2D eigenvalue weighted by atomic mass is 19.4. The second-order valence-electron chi connectivity index (χ2n) is 8.43. The maximum absolute atomic E-state index is 13.5. The van der Waals surface area contributed by atoms with Gasteiger partial charge in [0.15, 0.2) is 5.69 Å². The Morgan fingerprint density at radius 3 is 2.28 bits per heavy atom. The van der Waals surface area contributed by atoms with Crippen molar-refractivity contribution in [2.24, 2.45) is 5.92 Å². The Kier molecular flexibility index (Phi) is 5.42. The van der Waals surface area contributed by atoms with Crippen LogP contribution >= 0.6 is 0 Å². The molecular formula is C25H18F3N3O5. The molecule has 184 valence electrons. The molecule has 2 heterocycles. The highest BCUT2D eigenvalue weighted by Crippen LogP contribution is 2.55. The molecule has 5 rings (SSSR count). The third kappa shape index (κ3) is 4.02. The number of amides is 3. The van der Waals surface area contributed by atoms with Gasteiger partial charge in [0.05, 0.1) is 11.4 Å². The smallest absolute Gasteiger partial charge is 0.422 e. The summed E-state index contributed by atoms with van der Waals surface area (Å²) in [7, 11) is 0. The van der Waals surface area contributed by atoms with Gasteiger partial charge < -0.3 is 9.47 Å². The molecular weight excluding hydrogens is 479 g/mol. The minimum absolute atomic E-state index is 0.0628. The van der Waals surface area contributed by atoms with Gasteiger partial charge in [0, 0.05) is 6.20 Å². The summed E-state index contributed by atoms with van der Waals surface area (Å²) in [6.07, 6.45) is -3.15. The Hall–Kier alpha value is -4.41. The third-order valence-corrected chi connectivity index (χ3v) is 6.12. The predicted molar refractivity (Wildman–Crippen MR) is 121 cm³/mol. The van der Waals surface area contributed by atoms with Gasteiger partial charge >= 0.3 is 18.4 Å². The van der Waals surface area contributed by atoms with Gasteiger partial charge in [-0.05, 0) is 60.9 Å². The fraction of sp³-hybridized carbons (Fsp3) is 0.200. The molecule has 3 amide bonds. The average molecular weight is 497 g/mol. The van der Waals surface area contributed by atoms with Crippen molar-refractivity contribution in [1.82, 2.24) is 4.98 Å². The first kappa shape index (κ1) is 23.3. The number of esters is 1. The van der Waals surface area contributed by atoms with Crippen molar-refractivity contribution in [1.29, 1.82) is 0 Å². The van der Waals surface area contributed by atoms with Crippen molar-refractivity contribution in [3.05, 3.63) is 78.6 Å². The van der Waals surface area contributed by atoms with E-state index < -0.39 is 35.6 Å². The normalized spacial score (nSPS) is 21.2. The molecule has 36 heavy (non-hydrogen) atoms. The molecule has 1 saturated carbocycles. The Morgan fingerprint density at radius 1 is 1.00 bits per heavy atom. The first-order chi connectivity index (χ1) is 17.1. The van der Waals surface area contributed by atoms with Gasteiger partial charge in [-0.1, -0.05) is 25.1 Å². The number of urea groups is 1. The minimum atomic E-state index is -4.87. The monoisotopic (exact) mass is 497 g/mol. The van der Waals surface area contributed by atoms with E-state index in [0.29, 0.717) is 12.2 Å². The number of benzene rings is 2. The number of imide groups is 1. The quantitative estimate of drug-likeness (QED) is 0.282. The molecule has 0 N–H and O–H groups in total. The van der Waals surface area contributed by atoms with Crippen molar-refractivity contribution in [2.45, 2.75) is 25.2 Å². The van der Waals surface area contributed by atoms with Crippen LogP contribution in [0.1, 0.15) is 23.8 Å². The van der Waals surface area contributed by atoms with Gasteiger partial charge in [0.25, 0.3) is 5.91 Å². The number of alkyl halides is 3. The number of rotatable bonds is 5. The summed E-state index contributed by atoms with van der Waals surface area (Å²) in [6.45, 7) is 1.81. The summed E-state index contributed by atoms with van der Waals surface area (Å²) in [6, 6.07) is 15.0. The molecule has 1 saturated heterocycles. The van der Waals surface area contributed by atoms with Gasteiger partial charge in [-0.2, -0.15) is 0 Å². The van der Waals surface area contributed by atoms with Crippen LogP contribution in [-0.2, 0) is 4.79 Å². The van der Waals surface area contributed by atoms with Crippen molar-refractivity contribution >= 4 is 29.3 Å². The number of nitrogens with zero attached hydrogens (tertiary/aromatic N) is 3. The van der Waals surface area contributed by atoms with Crippen LogP contribution in [-0.4, -0.2) is 34.8 Å². The lowest BCUT2D eigenvalue weighted by molar-refractivity contribution is -0.274. The van der Waals surface area contributed by atoms with Gasteiger partial charge in [0.2, 0.25) is 0 Å². The summed E-state index contributed by atoms with van der Waals surface area (Å²) in [4.78, 5) is 45.8. The highest BCUT2D eigenvalue weighted by molar-refractivity contribution is 6.32. The summed E-state index contributed by atoms with van der Waals surface area (Å²) in [5.74, 6) is -1.59. The number of carbonyl (C=O) groups is 3. The molecule has 8 nitrogen and oxygen atoms in total. The number of anilines is 2. The Bertz CT molecular complexity index is 1350. The van der Waals surface area contributed by atoms with E-state index in [4.69, 9.17) is 4.74 Å². The number of hydrogen-bond donors (Lipinski definition) is 0. The van der Waals surface area contributed by atoms with Crippen LogP contribution in [0, 0.1) is 5.92 Å². The van der Waals surface area contributed by atoms with Crippen LogP contribution in [0.3, 0.4) is 0 Å². The third-order valence-electron chi connectivity index (χ3n) is 6.12. The standard InChI is InChI=1S/C25H18F3N3O5/c1-15-14-24(15)22(33)30(16-7-9-19(10-8-16)36-25(26,27)28)23(34)31(24)17-11-12-29-20(13-17)21(32)35-18-5-3-2-4-6-18/h2-13,15H,14H2,1H3. The van der Waals surface area contributed by atoms with Gasteiger partial charge in [0.1, 0.15) is 17.0 Å². The molecule has 0 bridgehead atoms. The summed E-state index contributed by atoms with van der Waals surface area (Å²) < 4.78 is 46.6. The Labute approximate surface area is 202 Å². The van der Waals surface area contributed by atoms with Crippen LogP contribution in [0.5, 0.6) is 11.5 Å². The molecule has 2 aliphatic rings. The van der Waals surface area contributed by atoms with E-state index in [1.807, 2.05) is 6.92 Å². The fourth-order valence-electron chi connectivity index (χ4n) is 4.35. The molecule has 1 spiro atoms. The number of carbonyl (C=O) groups excluding carboxylic acids is 3. The molecule has 0 radical (unpaired) electrons. The molecule has 2 fully saturated rings. The molecule has 1 aliphatic heterocycles. The van der Waals surface area contributed by atoms with Crippen molar-refractivity contribution in [3.8, 4) is 11.5 Å². The lowest BCUT2D eigenvalue weighted by Crippen LogP contribution is -2.39. The van der Waals surface area contributed by atoms with Crippen molar-refractivity contribution in [3.63, 3.8) is 0 Å². The van der Waals surface area contributed by atoms with E-state index in [9.17, 15) is 27.6 Å². The predicted octanol–water partition coefficient (Wildman–Crippen LogP) is 4.95. The summed E-state index contributed by atoms with van der Waals surface area (Å²) in [5.41, 5.74) is -0.863. The van der Waals surface area contributed by atoms with Gasteiger partial charge in [-0.3, -0.25) is 9.69 Å². The van der Waals surface area contributed by atoms with Gasteiger partial charge in [-0.25, -0.2) is 19.5 Å². The second-order valence-corrected chi connectivity index (χ2v) is 8.43.